The Balaban J connectivity index is 1.78. The van der Waals surface area contributed by atoms with Gasteiger partial charge >= 0.3 is 0 Å². The van der Waals surface area contributed by atoms with Gasteiger partial charge in [-0.1, -0.05) is 18.2 Å². The second kappa shape index (κ2) is 7.25. The molecule has 3 nitrogen and oxygen atoms in total. The summed E-state index contributed by atoms with van der Waals surface area (Å²) in [6.07, 6.45) is 0.482. The fraction of sp³-hybridized carbons (Fsp3) is 0.188. The normalized spacial score (nSPS) is 9.95. The van der Waals surface area contributed by atoms with Crippen molar-refractivity contribution in [1.29, 1.82) is 5.26 Å². The Kier molecular flexibility index (Phi) is 5.10. The highest BCUT2D eigenvalue weighted by Gasteiger charge is 2.08. The van der Waals surface area contributed by atoms with E-state index in [1.165, 1.54) is 12.1 Å². The first-order valence-electron chi connectivity index (χ1n) is 6.41. The summed E-state index contributed by atoms with van der Waals surface area (Å²) in [7, 11) is 0. The third-order valence-corrected chi connectivity index (χ3v) is 2.73. The van der Waals surface area contributed by atoms with Crippen molar-refractivity contribution in [1.82, 2.24) is 0 Å². The average Bonchev–Trinajstić information content (AvgIpc) is 2.51. The second-order valence-corrected chi connectivity index (χ2v) is 4.21. The molecule has 108 valence electrons. The second-order valence-electron chi connectivity index (χ2n) is 4.21. The summed E-state index contributed by atoms with van der Waals surface area (Å²) in [6, 6.07) is 12.7. The van der Waals surface area contributed by atoms with Crippen LogP contribution in [0, 0.1) is 23.0 Å². The van der Waals surface area contributed by atoms with Gasteiger partial charge in [0.15, 0.2) is 11.6 Å². The lowest BCUT2D eigenvalue weighted by Gasteiger charge is -2.09. The lowest BCUT2D eigenvalue weighted by atomic mass is 10.2. The molecule has 2 aromatic rings. The number of nitriles is 1. The van der Waals surface area contributed by atoms with Gasteiger partial charge in [-0.3, -0.25) is 0 Å². The molecular weight excluding hydrogens is 276 g/mol. The standard InChI is InChI=1S/C16H13F2NO2/c17-13-6-3-8-15(16(13)18)21-10-4-9-20-14-7-2-1-5-12(14)11-19/h1-3,5-8H,4,9-10H2. The van der Waals surface area contributed by atoms with Crippen LogP contribution < -0.4 is 9.47 Å². The Bertz CT molecular complexity index is 653. The third kappa shape index (κ3) is 3.93. The summed E-state index contributed by atoms with van der Waals surface area (Å²) >= 11 is 0. The molecule has 21 heavy (non-hydrogen) atoms. The van der Waals surface area contributed by atoms with E-state index in [1.54, 1.807) is 24.3 Å². The van der Waals surface area contributed by atoms with Gasteiger partial charge < -0.3 is 9.47 Å². The van der Waals surface area contributed by atoms with Gasteiger partial charge in [-0.2, -0.15) is 9.65 Å². The van der Waals surface area contributed by atoms with E-state index in [9.17, 15) is 8.78 Å². The molecule has 0 saturated heterocycles. The summed E-state index contributed by atoms with van der Waals surface area (Å²) in [4.78, 5) is 0. The average molecular weight is 289 g/mol. The topological polar surface area (TPSA) is 42.2 Å². The van der Waals surface area contributed by atoms with Crippen molar-refractivity contribution < 1.29 is 18.3 Å². The minimum absolute atomic E-state index is 0.118. The van der Waals surface area contributed by atoms with Crippen LogP contribution in [0.15, 0.2) is 42.5 Å². The van der Waals surface area contributed by atoms with Gasteiger partial charge in [-0.05, 0) is 24.3 Å². The molecule has 5 heteroatoms. The minimum Gasteiger partial charge on any atom is -0.492 e. The largest absolute Gasteiger partial charge is 0.492 e. The Morgan fingerprint density at radius 2 is 1.57 bits per heavy atom. The van der Waals surface area contributed by atoms with E-state index < -0.39 is 11.6 Å². The third-order valence-electron chi connectivity index (χ3n) is 2.73. The number of ether oxygens (including phenoxy) is 2. The number of benzene rings is 2. The molecule has 0 atom stereocenters. The maximum atomic E-state index is 13.3. The molecule has 0 bridgehead atoms. The predicted molar refractivity (Wildman–Crippen MR) is 73.1 cm³/mol. The SMILES string of the molecule is N#Cc1ccccc1OCCCOc1cccc(F)c1F. The Labute approximate surface area is 121 Å². The van der Waals surface area contributed by atoms with Crippen molar-refractivity contribution in [3.8, 4) is 17.6 Å². The van der Waals surface area contributed by atoms with Crippen molar-refractivity contribution in [2.24, 2.45) is 0 Å². The number of para-hydroxylation sites is 1. The van der Waals surface area contributed by atoms with Crippen LogP contribution in [-0.4, -0.2) is 13.2 Å². The zero-order valence-electron chi connectivity index (χ0n) is 11.2. The van der Waals surface area contributed by atoms with Gasteiger partial charge in [0, 0.05) is 6.42 Å². The van der Waals surface area contributed by atoms with E-state index in [0.717, 1.165) is 6.07 Å². The van der Waals surface area contributed by atoms with Gasteiger partial charge in [-0.15, -0.1) is 0 Å². The first-order valence-corrected chi connectivity index (χ1v) is 6.41. The number of hydrogen-bond donors (Lipinski definition) is 0. The van der Waals surface area contributed by atoms with Gasteiger partial charge in [-0.25, -0.2) is 4.39 Å². The number of halogens is 2. The molecule has 0 fully saturated rings. The summed E-state index contributed by atoms with van der Waals surface area (Å²) in [5.74, 6) is -1.55. The molecule has 0 aromatic heterocycles. The van der Waals surface area contributed by atoms with E-state index in [1.807, 2.05) is 6.07 Å². The lowest BCUT2D eigenvalue weighted by molar-refractivity contribution is 0.239. The van der Waals surface area contributed by atoms with Gasteiger partial charge in [0.1, 0.15) is 11.8 Å². The van der Waals surface area contributed by atoms with E-state index in [-0.39, 0.29) is 12.4 Å². The quantitative estimate of drug-likeness (QED) is 0.762. The smallest absolute Gasteiger partial charge is 0.200 e. The van der Waals surface area contributed by atoms with Crippen LogP contribution in [-0.2, 0) is 0 Å². The van der Waals surface area contributed by atoms with Crippen LogP contribution >= 0.6 is 0 Å². The fourth-order valence-corrected chi connectivity index (χ4v) is 1.70. The van der Waals surface area contributed by atoms with Crippen molar-refractivity contribution in [3.05, 3.63) is 59.7 Å². The summed E-state index contributed by atoms with van der Waals surface area (Å²) < 4.78 is 36.9. The predicted octanol–water partition coefficient (Wildman–Crippen LogP) is 3.68. The van der Waals surface area contributed by atoms with Crippen LogP contribution in [0.3, 0.4) is 0 Å². The van der Waals surface area contributed by atoms with Gasteiger partial charge in [0.25, 0.3) is 0 Å². The van der Waals surface area contributed by atoms with Crippen LogP contribution in [0.1, 0.15) is 12.0 Å². The van der Waals surface area contributed by atoms with Crippen molar-refractivity contribution in [2.45, 2.75) is 6.42 Å². The van der Waals surface area contributed by atoms with Crippen molar-refractivity contribution >= 4 is 0 Å². The zero-order chi connectivity index (χ0) is 15.1. The minimum atomic E-state index is -0.992. The fourth-order valence-electron chi connectivity index (χ4n) is 1.70. The van der Waals surface area contributed by atoms with Gasteiger partial charge in [0.2, 0.25) is 5.82 Å². The summed E-state index contributed by atoms with van der Waals surface area (Å²) in [5.41, 5.74) is 0.453. The molecule has 0 aliphatic rings. The highest BCUT2D eigenvalue weighted by atomic mass is 19.2. The Morgan fingerprint density at radius 1 is 0.905 bits per heavy atom. The van der Waals surface area contributed by atoms with E-state index >= 15 is 0 Å². The Hall–Kier alpha value is -2.61. The molecule has 0 heterocycles. The molecular formula is C16H13F2NO2. The number of hydrogen-bond acceptors (Lipinski definition) is 3. The molecule has 2 rings (SSSR count). The van der Waals surface area contributed by atoms with Crippen LogP contribution in [0.2, 0.25) is 0 Å². The maximum absolute atomic E-state index is 13.3. The number of nitrogens with zero attached hydrogens (tertiary/aromatic N) is 1. The number of rotatable bonds is 6. The molecule has 0 aliphatic heterocycles. The van der Waals surface area contributed by atoms with Crippen LogP contribution in [0.25, 0.3) is 0 Å². The zero-order valence-corrected chi connectivity index (χ0v) is 11.2. The lowest BCUT2D eigenvalue weighted by Crippen LogP contribution is -2.06. The molecule has 0 radical (unpaired) electrons. The molecule has 0 aliphatic carbocycles. The molecule has 0 saturated carbocycles. The maximum Gasteiger partial charge on any atom is 0.200 e. The Morgan fingerprint density at radius 3 is 2.33 bits per heavy atom. The van der Waals surface area contributed by atoms with E-state index in [0.29, 0.717) is 24.3 Å². The highest BCUT2D eigenvalue weighted by molar-refractivity contribution is 5.42. The van der Waals surface area contributed by atoms with Crippen molar-refractivity contribution in [2.75, 3.05) is 13.2 Å². The van der Waals surface area contributed by atoms with Gasteiger partial charge in [0.05, 0.1) is 18.8 Å². The summed E-state index contributed by atoms with van der Waals surface area (Å²) in [5, 5.41) is 8.89. The highest BCUT2D eigenvalue weighted by Crippen LogP contribution is 2.19. The van der Waals surface area contributed by atoms with Crippen LogP contribution in [0.4, 0.5) is 8.78 Å². The molecule has 0 amide bonds. The van der Waals surface area contributed by atoms with E-state index in [2.05, 4.69) is 0 Å². The first-order chi connectivity index (χ1) is 10.2. The molecule has 0 unspecified atom stereocenters. The molecule has 0 N–H and O–H groups in total. The van der Waals surface area contributed by atoms with E-state index in [4.69, 9.17) is 14.7 Å². The first kappa shape index (κ1) is 14.8. The molecule has 2 aromatic carbocycles. The summed E-state index contributed by atoms with van der Waals surface area (Å²) in [6.45, 7) is 0.505. The van der Waals surface area contributed by atoms with Crippen molar-refractivity contribution in [3.63, 3.8) is 0 Å². The van der Waals surface area contributed by atoms with Crippen LogP contribution in [0.5, 0.6) is 11.5 Å². The molecule has 0 spiro atoms. The monoisotopic (exact) mass is 289 g/mol.